The number of nitrogens with two attached hydrogens (primary N) is 1. The summed E-state index contributed by atoms with van der Waals surface area (Å²) in [7, 11) is 3.08. The van der Waals surface area contributed by atoms with Crippen LogP contribution in [0.15, 0.2) is 30.3 Å². The minimum atomic E-state index is -2.82. The molecule has 4 aliphatic rings. The first-order valence-electron chi connectivity index (χ1n) is 16.1. The Morgan fingerprint density at radius 1 is 0.957 bits per heavy atom. The second kappa shape index (κ2) is 11.7. The summed E-state index contributed by atoms with van der Waals surface area (Å²) in [4.78, 5) is 95.7. The summed E-state index contributed by atoms with van der Waals surface area (Å²) >= 11 is 0. The Morgan fingerprint density at radius 2 is 1.60 bits per heavy atom. The maximum absolute atomic E-state index is 14.4. The van der Waals surface area contributed by atoms with Crippen LogP contribution in [0.3, 0.4) is 0 Å². The fourth-order valence-corrected chi connectivity index (χ4v) is 8.57. The molecule has 6 rings (SSSR count). The van der Waals surface area contributed by atoms with Gasteiger partial charge < -0.3 is 15.9 Å². The zero-order chi connectivity index (χ0) is 34.1. The molecule has 6 atom stereocenters. The number of benzene rings is 2. The van der Waals surface area contributed by atoms with E-state index in [9.17, 15) is 43.8 Å². The molecule has 4 aliphatic carbocycles. The number of aromatic hydroxyl groups is 1. The lowest BCUT2D eigenvalue weighted by molar-refractivity contribution is -0.181. The molecule has 2 fully saturated rings. The highest BCUT2D eigenvalue weighted by Crippen LogP contribution is 2.51. The predicted molar refractivity (Wildman–Crippen MR) is 167 cm³/mol. The molecule has 4 N–H and O–H groups in total. The number of amides is 1. The zero-order valence-corrected chi connectivity index (χ0v) is 26.6. The summed E-state index contributed by atoms with van der Waals surface area (Å²) in [6, 6.07) is 7.07. The zero-order valence-electron chi connectivity index (χ0n) is 26.6. The van der Waals surface area contributed by atoms with Gasteiger partial charge in [0.25, 0.3) is 0 Å². The van der Waals surface area contributed by atoms with Crippen molar-refractivity contribution in [3.8, 4) is 5.75 Å². The first kappa shape index (κ1) is 32.6. The van der Waals surface area contributed by atoms with Gasteiger partial charge in [-0.15, -0.1) is 0 Å². The Balaban J connectivity index is 1.44. The van der Waals surface area contributed by atoms with Gasteiger partial charge in [-0.2, -0.15) is 0 Å². The van der Waals surface area contributed by atoms with Gasteiger partial charge in [0.1, 0.15) is 5.75 Å². The normalized spacial score (nSPS) is 28.7. The summed E-state index contributed by atoms with van der Waals surface area (Å²) in [5.74, 6) is -13.0. The Morgan fingerprint density at radius 3 is 2.17 bits per heavy atom. The van der Waals surface area contributed by atoms with Crippen molar-refractivity contribution in [1.82, 2.24) is 4.90 Å². The van der Waals surface area contributed by atoms with Gasteiger partial charge in [0.05, 0.1) is 23.4 Å². The van der Waals surface area contributed by atoms with Gasteiger partial charge in [-0.1, -0.05) is 50.1 Å². The van der Waals surface area contributed by atoms with Crippen molar-refractivity contribution in [3.63, 3.8) is 0 Å². The number of fused-ring (bicyclic) bond motifs is 4. The number of aliphatic hydroxyl groups is 1. The number of Topliss-reactive ketones (excluding diaryl/α,β-unsaturated/α-hetero) is 6. The number of hydrogen-bond donors (Lipinski definition) is 3. The van der Waals surface area contributed by atoms with Gasteiger partial charge in [0.15, 0.2) is 46.2 Å². The molecule has 0 aliphatic heterocycles. The third kappa shape index (κ3) is 4.73. The van der Waals surface area contributed by atoms with Gasteiger partial charge in [0.2, 0.25) is 5.91 Å². The van der Waals surface area contributed by atoms with E-state index < -0.39 is 76.0 Å². The third-order valence-electron chi connectivity index (χ3n) is 10.8. The van der Waals surface area contributed by atoms with Crippen molar-refractivity contribution in [1.29, 1.82) is 0 Å². The molecule has 0 radical (unpaired) electrons. The molecule has 2 saturated carbocycles. The quantitative estimate of drug-likeness (QED) is 0.283. The summed E-state index contributed by atoms with van der Waals surface area (Å²) in [5, 5.41) is 23.5. The lowest BCUT2D eigenvalue weighted by Gasteiger charge is -2.52. The summed E-state index contributed by atoms with van der Waals surface area (Å²) in [6.45, 7) is 2.05. The Bertz CT molecular complexity index is 1740. The second-order valence-corrected chi connectivity index (χ2v) is 13.7. The molecule has 246 valence electrons. The molecule has 2 aromatic carbocycles. The van der Waals surface area contributed by atoms with Crippen LogP contribution >= 0.6 is 0 Å². The highest BCUT2D eigenvalue weighted by Gasteiger charge is 2.69. The molecule has 0 heterocycles. The summed E-state index contributed by atoms with van der Waals surface area (Å²) in [5.41, 5.74) is 4.61. The number of ketones is 6. The average Bonchev–Trinajstić information content (AvgIpc) is 3.25. The van der Waals surface area contributed by atoms with Gasteiger partial charge >= 0.3 is 0 Å². The maximum atomic E-state index is 14.4. The van der Waals surface area contributed by atoms with Crippen molar-refractivity contribution in [2.24, 2.45) is 35.3 Å². The average molecular weight is 643 g/mol. The molecule has 0 spiro atoms. The number of phenols is 1. The lowest BCUT2D eigenvalue weighted by Crippen LogP contribution is -2.74. The van der Waals surface area contributed by atoms with Crippen LogP contribution in [-0.2, 0) is 38.4 Å². The van der Waals surface area contributed by atoms with Gasteiger partial charge in [-0.25, -0.2) is 0 Å². The highest BCUT2D eigenvalue weighted by molar-refractivity contribution is 6.32. The monoisotopic (exact) mass is 642 g/mol. The largest absolute Gasteiger partial charge is 0.507 e. The van der Waals surface area contributed by atoms with E-state index in [-0.39, 0.29) is 42.0 Å². The van der Waals surface area contributed by atoms with Crippen molar-refractivity contribution < 1.29 is 43.8 Å². The smallest absolute Gasteiger partial charge is 0.235 e. The van der Waals surface area contributed by atoms with Crippen LogP contribution in [0.5, 0.6) is 5.75 Å². The maximum Gasteiger partial charge on any atom is 0.235 e. The van der Waals surface area contributed by atoms with Crippen molar-refractivity contribution in [2.45, 2.75) is 63.5 Å². The number of rotatable bonds is 8. The molecule has 0 bridgehead atoms. The van der Waals surface area contributed by atoms with E-state index in [1.165, 1.54) is 4.90 Å². The van der Waals surface area contributed by atoms with Crippen LogP contribution in [0.4, 0.5) is 0 Å². The first-order chi connectivity index (χ1) is 22.2. The molecule has 47 heavy (non-hydrogen) atoms. The van der Waals surface area contributed by atoms with E-state index in [1.807, 2.05) is 6.92 Å². The van der Waals surface area contributed by atoms with Crippen LogP contribution in [0.1, 0.15) is 80.4 Å². The standard InChI is InChI=1S/C36H38N2O9/c1-4-5-6-9-16-12-18(14-22-29(40)19-10-7-8-11-20(19)30(22)41)28(39)25-21(16)13-17-15-23-27(38(2)3)32(43)26(35(37)46)34(45)36(23,47)33(44)24(17)31(25)42/h7-8,10-12,17,22-24,26-27,39,47H,4-6,9,13-15H2,1-3H3,(H2,37,46)/t17-,23-,24?,26?,27-,36-/m0/s1. The van der Waals surface area contributed by atoms with Crippen molar-refractivity contribution in [3.05, 3.63) is 63.7 Å². The molecule has 2 unspecified atom stereocenters. The van der Waals surface area contributed by atoms with Gasteiger partial charge in [-0.05, 0) is 68.8 Å². The fourth-order valence-electron chi connectivity index (χ4n) is 8.57. The number of carbonyl (C=O) groups is 7. The first-order valence-corrected chi connectivity index (χ1v) is 16.1. The van der Waals surface area contributed by atoms with Crippen molar-refractivity contribution in [2.75, 3.05) is 14.1 Å². The minimum Gasteiger partial charge on any atom is -0.507 e. The molecule has 0 saturated heterocycles. The lowest BCUT2D eigenvalue weighted by atomic mass is 9.52. The topological polar surface area (TPSA) is 189 Å². The van der Waals surface area contributed by atoms with E-state index in [1.54, 1.807) is 44.4 Å². The van der Waals surface area contributed by atoms with E-state index in [2.05, 4.69) is 0 Å². The van der Waals surface area contributed by atoms with E-state index in [0.29, 0.717) is 23.1 Å². The Hall–Kier alpha value is -4.35. The minimum absolute atomic E-state index is 0.0376. The molecule has 2 aromatic rings. The van der Waals surface area contributed by atoms with Gasteiger partial charge in [-0.3, -0.25) is 38.5 Å². The number of likely N-dealkylation sites (N-methyl/N-ethyl adjacent to an activating group) is 1. The molecule has 0 aromatic heterocycles. The fraction of sp³-hybridized carbons (Fsp3) is 0.472. The number of nitrogens with zero attached hydrogens (tertiary/aromatic N) is 1. The van der Waals surface area contributed by atoms with Crippen LogP contribution in [0, 0.1) is 29.6 Å². The number of hydrogen-bond acceptors (Lipinski definition) is 10. The second-order valence-electron chi connectivity index (χ2n) is 13.7. The van der Waals surface area contributed by atoms with Crippen LogP contribution < -0.4 is 5.73 Å². The van der Waals surface area contributed by atoms with Gasteiger partial charge in [0, 0.05) is 17.0 Å². The third-order valence-corrected chi connectivity index (χ3v) is 10.8. The summed E-state index contributed by atoms with van der Waals surface area (Å²) in [6.07, 6.45) is 3.10. The molecule has 11 nitrogen and oxygen atoms in total. The number of aryl methyl sites for hydroxylation is 1. The van der Waals surface area contributed by atoms with E-state index in [0.717, 1.165) is 24.8 Å². The van der Waals surface area contributed by atoms with E-state index in [4.69, 9.17) is 5.73 Å². The summed E-state index contributed by atoms with van der Waals surface area (Å²) < 4.78 is 0. The highest BCUT2D eigenvalue weighted by atomic mass is 16.3. The molecule has 1 amide bonds. The van der Waals surface area contributed by atoms with Crippen LogP contribution in [0.2, 0.25) is 0 Å². The Kier molecular flexibility index (Phi) is 8.12. The number of carbonyl (C=O) groups excluding carboxylic acids is 7. The Labute approximate surface area is 271 Å². The van der Waals surface area contributed by atoms with E-state index >= 15 is 0 Å². The molecule has 11 heteroatoms. The number of primary amides is 1. The number of unbranched alkanes of at least 4 members (excludes halogenated alkanes) is 2. The van der Waals surface area contributed by atoms with Crippen molar-refractivity contribution >= 4 is 40.6 Å². The molecular weight excluding hydrogens is 604 g/mol. The number of phenolic OH excluding ortho intramolecular Hbond substituents is 1. The molecular formula is C36H38N2O9. The predicted octanol–water partition coefficient (Wildman–Crippen LogP) is 1.84. The SMILES string of the molecule is CCCCCc1cc(CC2C(=O)c3ccccc3C2=O)c(O)c2c1C[C@H]1C[C@H]3[C@H](N(C)C)C(=O)C(C(N)=O)C(=O)[C@@]3(O)C(=O)C1C2=O. The van der Waals surface area contributed by atoms with Crippen LogP contribution in [0.25, 0.3) is 0 Å². The van der Waals surface area contributed by atoms with Crippen LogP contribution in [-0.4, -0.2) is 81.5 Å².